The Hall–Kier alpha value is -1.09. The summed E-state index contributed by atoms with van der Waals surface area (Å²) in [5, 5.41) is 9.36. The molecule has 0 unspecified atom stereocenters. The largest absolute Gasteiger partial charge is 0.241 e. The molecule has 0 bridgehead atoms. The lowest BCUT2D eigenvalue weighted by Crippen LogP contribution is -2.42. The second-order valence-electron chi connectivity index (χ2n) is 5.01. The summed E-state index contributed by atoms with van der Waals surface area (Å²) < 4.78 is 26.5. The Morgan fingerprint density at radius 3 is 2.44 bits per heavy atom. The van der Waals surface area contributed by atoms with Crippen molar-refractivity contribution >= 4 is 21.6 Å². The quantitative estimate of drug-likeness (QED) is 0.928. The lowest BCUT2D eigenvalue weighted by Gasteiger charge is -2.25. The van der Waals surface area contributed by atoms with Crippen molar-refractivity contribution in [3.63, 3.8) is 0 Å². The van der Waals surface area contributed by atoms with E-state index in [-0.39, 0.29) is 4.90 Å². The minimum Gasteiger partial charge on any atom is -0.207 e. The van der Waals surface area contributed by atoms with Gasteiger partial charge in [0.15, 0.2) is 0 Å². The fraction of sp³-hybridized carbons (Fsp3) is 0.417. The van der Waals surface area contributed by atoms with Gasteiger partial charge >= 0.3 is 0 Å². The normalized spacial score (nSPS) is 13.9. The minimum absolute atomic E-state index is 0.0551. The topological polar surface area (TPSA) is 70.0 Å². The lowest BCUT2D eigenvalue weighted by atomic mass is 9.88. The Morgan fingerprint density at radius 2 is 2.00 bits per heavy atom. The highest BCUT2D eigenvalue weighted by Gasteiger charge is 2.29. The van der Waals surface area contributed by atoms with Crippen LogP contribution in [-0.4, -0.2) is 14.5 Å². The molecule has 0 aliphatic heterocycles. The molecule has 1 N–H and O–H groups in total. The van der Waals surface area contributed by atoms with Gasteiger partial charge in [-0.05, 0) is 23.6 Å². The van der Waals surface area contributed by atoms with Gasteiger partial charge in [0.05, 0.1) is 11.0 Å². The molecular weight excluding hydrogens is 272 g/mol. The van der Waals surface area contributed by atoms with Gasteiger partial charge in [0.1, 0.15) is 6.04 Å². The molecule has 1 rings (SSSR count). The summed E-state index contributed by atoms with van der Waals surface area (Å²) in [4.78, 5) is 0.0551. The van der Waals surface area contributed by atoms with E-state index >= 15 is 0 Å². The third kappa shape index (κ3) is 3.70. The predicted molar refractivity (Wildman–Crippen MR) is 70.6 cm³/mol. The van der Waals surface area contributed by atoms with Crippen LogP contribution >= 0.6 is 11.6 Å². The maximum absolute atomic E-state index is 12.1. The van der Waals surface area contributed by atoms with E-state index in [0.29, 0.717) is 5.02 Å². The van der Waals surface area contributed by atoms with Crippen molar-refractivity contribution in [2.24, 2.45) is 5.41 Å². The second-order valence-corrected chi connectivity index (χ2v) is 7.16. The molecule has 0 amide bonds. The molecule has 0 fully saturated rings. The van der Waals surface area contributed by atoms with Gasteiger partial charge in [-0.2, -0.15) is 9.98 Å². The molecule has 1 atom stereocenters. The number of nitrogens with zero attached hydrogens (tertiary/aromatic N) is 1. The molecule has 4 nitrogen and oxygen atoms in total. The number of rotatable bonds is 3. The van der Waals surface area contributed by atoms with Gasteiger partial charge in [0.2, 0.25) is 10.0 Å². The van der Waals surface area contributed by atoms with Gasteiger partial charge in [0, 0.05) is 5.02 Å². The average molecular weight is 287 g/mol. The van der Waals surface area contributed by atoms with Gasteiger partial charge in [-0.3, -0.25) is 0 Å². The van der Waals surface area contributed by atoms with Gasteiger partial charge in [-0.1, -0.05) is 38.4 Å². The summed E-state index contributed by atoms with van der Waals surface area (Å²) in [7, 11) is -3.73. The summed E-state index contributed by atoms with van der Waals surface area (Å²) in [6, 6.07) is 7.08. The number of nitriles is 1. The van der Waals surface area contributed by atoms with Crippen LogP contribution in [-0.2, 0) is 10.0 Å². The smallest absolute Gasteiger partial charge is 0.207 e. The summed E-state index contributed by atoms with van der Waals surface area (Å²) in [6.07, 6.45) is 0. The Balaban J connectivity index is 3.07. The molecule has 0 spiro atoms. The molecule has 0 saturated heterocycles. The summed E-state index contributed by atoms with van der Waals surface area (Å²) in [5.41, 5.74) is -0.486. The highest BCUT2D eigenvalue weighted by molar-refractivity contribution is 7.89. The molecule has 0 aromatic heterocycles. The minimum atomic E-state index is -3.73. The Morgan fingerprint density at radius 1 is 1.39 bits per heavy atom. The molecule has 0 aliphatic carbocycles. The monoisotopic (exact) mass is 286 g/mol. The van der Waals surface area contributed by atoms with Gasteiger partial charge in [0.25, 0.3) is 0 Å². The van der Waals surface area contributed by atoms with Gasteiger partial charge in [-0.15, -0.1) is 0 Å². The van der Waals surface area contributed by atoms with Crippen molar-refractivity contribution in [3.05, 3.63) is 29.3 Å². The van der Waals surface area contributed by atoms with E-state index in [1.807, 2.05) is 6.07 Å². The standard InChI is InChI=1S/C12H15ClN2O2S/c1-12(2,3)11(8-14)15-18(16,17)10-6-4-5-9(13)7-10/h4-7,11,15H,1-3H3/t11-/m0/s1. The van der Waals surface area contributed by atoms with E-state index in [9.17, 15) is 8.42 Å². The first-order chi connectivity index (χ1) is 8.16. The zero-order chi connectivity index (χ0) is 14.0. The number of hydrogen-bond acceptors (Lipinski definition) is 3. The Kier molecular flexibility index (Phi) is 4.38. The lowest BCUT2D eigenvalue weighted by molar-refractivity contribution is 0.350. The number of halogens is 1. The number of hydrogen-bond donors (Lipinski definition) is 1. The molecule has 0 heterocycles. The van der Waals surface area contributed by atoms with Crippen molar-refractivity contribution in [1.82, 2.24) is 4.72 Å². The summed E-state index contributed by atoms with van der Waals surface area (Å²) >= 11 is 5.75. The molecule has 98 valence electrons. The van der Waals surface area contributed by atoms with Gasteiger partial charge < -0.3 is 0 Å². The van der Waals surface area contributed by atoms with E-state index in [1.165, 1.54) is 12.1 Å². The van der Waals surface area contributed by atoms with Crippen molar-refractivity contribution in [3.8, 4) is 6.07 Å². The molecule has 6 heteroatoms. The van der Waals surface area contributed by atoms with E-state index in [2.05, 4.69) is 4.72 Å². The first kappa shape index (κ1) is 15.0. The van der Waals surface area contributed by atoms with Crippen LogP contribution in [0.1, 0.15) is 20.8 Å². The molecule has 1 aromatic carbocycles. The molecule has 0 saturated carbocycles. The van der Waals surface area contributed by atoms with Crippen LogP contribution in [0.25, 0.3) is 0 Å². The van der Waals surface area contributed by atoms with Crippen LogP contribution in [0.2, 0.25) is 5.02 Å². The third-order valence-corrected chi connectivity index (χ3v) is 4.03. The Labute approximate surface area is 113 Å². The first-order valence-electron chi connectivity index (χ1n) is 5.34. The summed E-state index contributed by atoms with van der Waals surface area (Å²) in [5.74, 6) is 0. The average Bonchev–Trinajstić information content (AvgIpc) is 2.24. The fourth-order valence-corrected chi connectivity index (χ4v) is 2.90. The molecular formula is C12H15ClN2O2S. The van der Waals surface area contributed by atoms with E-state index in [0.717, 1.165) is 0 Å². The maximum Gasteiger partial charge on any atom is 0.241 e. The van der Waals surface area contributed by atoms with E-state index in [1.54, 1.807) is 32.9 Å². The van der Waals surface area contributed by atoms with Crippen LogP contribution in [0.3, 0.4) is 0 Å². The van der Waals surface area contributed by atoms with Crippen molar-refractivity contribution in [2.45, 2.75) is 31.7 Å². The predicted octanol–water partition coefficient (Wildman–Crippen LogP) is 2.56. The zero-order valence-electron chi connectivity index (χ0n) is 10.4. The molecule has 1 aromatic rings. The highest BCUT2D eigenvalue weighted by atomic mass is 35.5. The fourth-order valence-electron chi connectivity index (χ4n) is 1.25. The molecule has 18 heavy (non-hydrogen) atoms. The number of benzene rings is 1. The SMILES string of the molecule is CC(C)(C)[C@H](C#N)NS(=O)(=O)c1cccc(Cl)c1. The van der Waals surface area contributed by atoms with Gasteiger partial charge in [-0.25, -0.2) is 8.42 Å². The number of sulfonamides is 1. The van der Waals surface area contributed by atoms with Crippen LogP contribution < -0.4 is 4.72 Å². The first-order valence-corrected chi connectivity index (χ1v) is 7.20. The van der Waals surface area contributed by atoms with E-state index < -0.39 is 21.5 Å². The van der Waals surface area contributed by atoms with Crippen molar-refractivity contribution in [1.29, 1.82) is 5.26 Å². The van der Waals surface area contributed by atoms with Crippen LogP contribution in [0.4, 0.5) is 0 Å². The maximum atomic E-state index is 12.1. The highest BCUT2D eigenvalue weighted by Crippen LogP contribution is 2.22. The number of nitrogens with one attached hydrogen (secondary N) is 1. The molecule has 0 radical (unpaired) electrons. The van der Waals surface area contributed by atoms with Crippen LogP contribution in [0, 0.1) is 16.7 Å². The molecule has 0 aliphatic rings. The Bertz CT molecular complexity index is 570. The van der Waals surface area contributed by atoms with Crippen LogP contribution in [0.5, 0.6) is 0 Å². The van der Waals surface area contributed by atoms with Crippen LogP contribution in [0.15, 0.2) is 29.2 Å². The van der Waals surface area contributed by atoms with Crippen molar-refractivity contribution in [2.75, 3.05) is 0 Å². The second kappa shape index (κ2) is 5.27. The third-order valence-electron chi connectivity index (χ3n) is 2.37. The van der Waals surface area contributed by atoms with E-state index in [4.69, 9.17) is 16.9 Å². The van der Waals surface area contributed by atoms with Crippen molar-refractivity contribution < 1.29 is 8.42 Å². The summed E-state index contributed by atoms with van der Waals surface area (Å²) in [6.45, 7) is 5.38. The zero-order valence-corrected chi connectivity index (χ0v) is 12.0.